The molecule has 1 aromatic rings. The van der Waals surface area contributed by atoms with Gasteiger partial charge in [0.15, 0.2) is 0 Å². The number of ether oxygens (including phenoxy) is 2. The number of anilines is 1. The first-order chi connectivity index (χ1) is 9.65. The van der Waals surface area contributed by atoms with Gasteiger partial charge in [-0.3, -0.25) is 4.79 Å². The van der Waals surface area contributed by atoms with Gasteiger partial charge in [-0.2, -0.15) is 4.98 Å². The lowest BCUT2D eigenvalue weighted by molar-refractivity contribution is -0.140. The smallest absolute Gasteiger partial charge is 0.305 e. The van der Waals surface area contributed by atoms with E-state index in [1.54, 1.807) is 6.07 Å². The van der Waals surface area contributed by atoms with E-state index in [9.17, 15) is 4.79 Å². The van der Waals surface area contributed by atoms with Gasteiger partial charge in [-0.05, 0) is 26.7 Å². The van der Waals surface area contributed by atoms with Gasteiger partial charge in [0.05, 0.1) is 13.7 Å². The first-order valence-corrected chi connectivity index (χ1v) is 6.95. The Balaban J connectivity index is 2.26. The number of rotatable bonds is 9. The normalized spacial score (nSPS) is 10.2. The van der Waals surface area contributed by atoms with Crippen molar-refractivity contribution in [2.45, 2.75) is 39.5 Å². The molecule has 0 saturated heterocycles. The Kier molecular flexibility index (Phi) is 7.39. The predicted molar refractivity (Wildman–Crippen MR) is 76.9 cm³/mol. The number of esters is 1. The van der Waals surface area contributed by atoms with Crippen molar-refractivity contribution in [3.05, 3.63) is 11.9 Å². The van der Waals surface area contributed by atoms with E-state index in [2.05, 4.69) is 20.0 Å². The van der Waals surface area contributed by atoms with Crippen LogP contribution in [0.1, 0.15) is 38.4 Å². The molecule has 0 amide bonds. The first-order valence-electron chi connectivity index (χ1n) is 6.95. The zero-order chi connectivity index (χ0) is 14.8. The van der Waals surface area contributed by atoms with E-state index in [1.165, 1.54) is 7.11 Å². The number of nitrogens with zero attached hydrogens (tertiary/aromatic N) is 2. The van der Waals surface area contributed by atoms with Gasteiger partial charge in [0.1, 0.15) is 11.6 Å². The Morgan fingerprint density at radius 3 is 2.80 bits per heavy atom. The number of nitrogens with one attached hydrogen (secondary N) is 1. The standard InChI is InChI=1S/C14H23N3O3/c1-4-20-13-10-12(16-11(2)17-13)15-9-7-5-6-8-14(18)19-3/h10H,4-9H2,1-3H3,(H,15,16,17). The van der Waals surface area contributed by atoms with Crippen molar-refractivity contribution >= 4 is 11.8 Å². The summed E-state index contributed by atoms with van der Waals surface area (Å²) in [6.45, 7) is 5.16. The molecule has 20 heavy (non-hydrogen) atoms. The highest BCUT2D eigenvalue weighted by Gasteiger charge is 2.02. The summed E-state index contributed by atoms with van der Waals surface area (Å²) in [5.41, 5.74) is 0. The minimum atomic E-state index is -0.147. The summed E-state index contributed by atoms with van der Waals surface area (Å²) in [5.74, 6) is 1.90. The van der Waals surface area contributed by atoms with E-state index in [0.717, 1.165) is 31.6 Å². The van der Waals surface area contributed by atoms with E-state index in [4.69, 9.17) is 4.74 Å². The number of unbranched alkanes of at least 4 members (excludes halogenated alkanes) is 2. The van der Waals surface area contributed by atoms with Gasteiger partial charge in [0, 0.05) is 19.0 Å². The molecule has 0 atom stereocenters. The molecule has 0 fully saturated rings. The molecule has 0 unspecified atom stereocenters. The minimum absolute atomic E-state index is 0.147. The second-order valence-corrected chi connectivity index (χ2v) is 4.39. The third-order valence-corrected chi connectivity index (χ3v) is 2.70. The van der Waals surface area contributed by atoms with Crippen LogP contribution in [0.15, 0.2) is 6.07 Å². The second-order valence-electron chi connectivity index (χ2n) is 4.39. The summed E-state index contributed by atoms with van der Waals surface area (Å²) < 4.78 is 9.96. The Morgan fingerprint density at radius 1 is 1.30 bits per heavy atom. The van der Waals surface area contributed by atoms with Crippen LogP contribution in [0.2, 0.25) is 0 Å². The maximum Gasteiger partial charge on any atom is 0.305 e. The van der Waals surface area contributed by atoms with Crippen LogP contribution in [-0.2, 0) is 9.53 Å². The second kappa shape index (κ2) is 9.12. The van der Waals surface area contributed by atoms with Gasteiger partial charge in [-0.1, -0.05) is 6.42 Å². The molecule has 1 rings (SSSR count). The van der Waals surface area contributed by atoms with Gasteiger partial charge in [0.2, 0.25) is 5.88 Å². The van der Waals surface area contributed by atoms with Gasteiger partial charge in [-0.15, -0.1) is 0 Å². The Bertz CT molecular complexity index is 424. The van der Waals surface area contributed by atoms with Crippen molar-refractivity contribution in [3.8, 4) is 5.88 Å². The summed E-state index contributed by atoms with van der Waals surface area (Å²) >= 11 is 0. The van der Waals surface area contributed by atoms with Crippen LogP contribution in [0.4, 0.5) is 5.82 Å². The molecule has 0 bridgehead atoms. The summed E-state index contributed by atoms with van der Waals surface area (Å²) in [5, 5.41) is 3.24. The van der Waals surface area contributed by atoms with E-state index in [-0.39, 0.29) is 5.97 Å². The van der Waals surface area contributed by atoms with Gasteiger partial charge in [-0.25, -0.2) is 4.98 Å². The van der Waals surface area contributed by atoms with Gasteiger partial charge in [0.25, 0.3) is 0 Å². The lowest BCUT2D eigenvalue weighted by atomic mass is 10.2. The topological polar surface area (TPSA) is 73.3 Å². The molecule has 0 aliphatic rings. The molecule has 0 saturated carbocycles. The number of carbonyl (C=O) groups excluding carboxylic acids is 1. The molecular formula is C14H23N3O3. The highest BCUT2D eigenvalue weighted by atomic mass is 16.5. The molecule has 1 aromatic heterocycles. The van der Waals surface area contributed by atoms with Crippen LogP contribution in [0, 0.1) is 6.92 Å². The molecule has 0 aliphatic heterocycles. The predicted octanol–water partition coefficient (Wildman–Crippen LogP) is 2.33. The third-order valence-electron chi connectivity index (χ3n) is 2.70. The molecule has 1 heterocycles. The molecule has 6 nitrogen and oxygen atoms in total. The van der Waals surface area contributed by atoms with E-state index in [0.29, 0.717) is 24.7 Å². The van der Waals surface area contributed by atoms with Crippen LogP contribution in [0.5, 0.6) is 5.88 Å². The molecule has 1 N–H and O–H groups in total. The largest absolute Gasteiger partial charge is 0.478 e. The van der Waals surface area contributed by atoms with Gasteiger partial charge < -0.3 is 14.8 Å². The number of aromatic nitrogens is 2. The average Bonchev–Trinajstić information content (AvgIpc) is 2.42. The van der Waals surface area contributed by atoms with E-state index < -0.39 is 0 Å². The summed E-state index contributed by atoms with van der Waals surface area (Å²) in [7, 11) is 1.41. The zero-order valence-electron chi connectivity index (χ0n) is 12.4. The van der Waals surface area contributed by atoms with Gasteiger partial charge >= 0.3 is 5.97 Å². The van der Waals surface area contributed by atoms with Crippen LogP contribution in [0.25, 0.3) is 0 Å². The van der Waals surface area contributed by atoms with Crippen molar-refractivity contribution in [2.75, 3.05) is 25.6 Å². The molecule has 0 radical (unpaired) electrons. The third kappa shape index (κ3) is 6.36. The van der Waals surface area contributed by atoms with Crippen molar-refractivity contribution in [1.82, 2.24) is 9.97 Å². The van der Waals surface area contributed by atoms with Crippen LogP contribution in [-0.4, -0.2) is 36.2 Å². The number of aryl methyl sites for hydroxylation is 1. The molecular weight excluding hydrogens is 258 g/mol. The van der Waals surface area contributed by atoms with Crippen LogP contribution in [0.3, 0.4) is 0 Å². The Labute approximate surface area is 119 Å². The maximum atomic E-state index is 10.9. The SMILES string of the molecule is CCOc1cc(NCCCCCC(=O)OC)nc(C)n1. The Hall–Kier alpha value is -1.85. The number of hydrogen-bond acceptors (Lipinski definition) is 6. The lowest BCUT2D eigenvalue weighted by Crippen LogP contribution is -2.06. The highest BCUT2D eigenvalue weighted by molar-refractivity contribution is 5.68. The van der Waals surface area contributed by atoms with Crippen LogP contribution < -0.4 is 10.1 Å². The monoisotopic (exact) mass is 281 g/mol. The number of carbonyl (C=O) groups is 1. The van der Waals surface area contributed by atoms with E-state index in [1.807, 2.05) is 13.8 Å². The number of hydrogen-bond donors (Lipinski definition) is 1. The average molecular weight is 281 g/mol. The molecule has 6 heteroatoms. The molecule has 0 spiro atoms. The summed E-state index contributed by atoms with van der Waals surface area (Å²) in [4.78, 5) is 19.4. The molecule has 112 valence electrons. The van der Waals surface area contributed by atoms with Crippen molar-refractivity contribution in [2.24, 2.45) is 0 Å². The first kappa shape index (κ1) is 16.2. The van der Waals surface area contributed by atoms with Crippen LogP contribution >= 0.6 is 0 Å². The Morgan fingerprint density at radius 2 is 2.10 bits per heavy atom. The van der Waals surface area contributed by atoms with E-state index >= 15 is 0 Å². The molecule has 0 aliphatic carbocycles. The zero-order valence-corrected chi connectivity index (χ0v) is 12.4. The maximum absolute atomic E-state index is 10.9. The quantitative estimate of drug-likeness (QED) is 0.553. The van der Waals surface area contributed by atoms with Crippen molar-refractivity contribution < 1.29 is 14.3 Å². The number of methoxy groups -OCH3 is 1. The molecule has 0 aromatic carbocycles. The lowest BCUT2D eigenvalue weighted by Gasteiger charge is -2.08. The fourth-order valence-electron chi connectivity index (χ4n) is 1.74. The fourth-order valence-corrected chi connectivity index (χ4v) is 1.74. The highest BCUT2D eigenvalue weighted by Crippen LogP contribution is 2.13. The summed E-state index contributed by atoms with van der Waals surface area (Å²) in [6, 6.07) is 1.80. The van der Waals surface area contributed by atoms with Crippen molar-refractivity contribution in [3.63, 3.8) is 0 Å². The van der Waals surface area contributed by atoms with Crippen molar-refractivity contribution in [1.29, 1.82) is 0 Å². The minimum Gasteiger partial charge on any atom is -0.478 e. The fraction of sp³-hybridized carbons (Fsp3) is 0.643. The summed E-state index contributed by atoms with van der Waals surface area (Å²) in [6.07, 6.45) is 3.29.